The molecule has 0 aliphatic heterocycles. The standard InChI is InChI=1S/C19H20Cl2N2O2/c1-3-8-23-19(2,11-14-6-7-16(20)17(21)10-14)13-25-18(24)15-5-4-9-22-12-15/h3-7,9-10,12,23H,1,8,11,13H2,2H3/t19-/m0/s1. The summed E-state index contributed by atoms with van der Waals surface area (Å²) in [4.78, 5) is 16.1. The lowest BCUT2D eigenvalue weighted by Crippen LogP contribution is -2.49. The molecule has 132 valence electrons. The number of ether oxygens (including phenoxy) is 1. The highest BCUT2D eigenvalue weighted by atomic mass is 35.5. The Morgan fingerprint density at radius 3 is 2.80 bits per heavy atom. The molecule has 0 aliphatic carbocycles. The maximum atomic E-state index is 12.2. The van der Waals surface area contributed by atoms with E-state index < -0.39 is 11.5 Å². The highest BCUT2D eigenvalue weighted by Gasteiger charge is 2.26. The van der Waals surface area contributed by atoms with Crippen LogP contribution in [0.4, 0.5) is 0 Å². The maximum absolute atomic E-state index is 12.2. The second kappa shape index (κ2) is 8.99. The van der Waals surface area contributed by atoms with Crippen molar-refractivity contribution in [3.63, 3.8) is 0 Å². The van der Waals surface area contributed by atoms with Crippen LogP contribution in [0, 0.1) is 0 Å². The number of hydrogen-bond donors (Lipinski definition) is 1. The van der Waals surface area contributed by atoms with Gasteiger partial charge in [-0.2, -0.15) is 0 Å². The summed E-state index contributed by atoms with van der Waals surface area (Å²) >= 11 is 12.1. The molecule has 2 aromatic rings. The van der Waals surface area contributed by atoms with Gasteiger partial charge in [-0.1, -0.05) is 35.3 Å². The van der Waals surface area contributed by atoms with Gasteiger partial charge in [-0.3, -0.25) is 4.98 Å². The van der Waals surface area contributed by atoms with E-state index in [0.29, 0.717) is 28.6 Å². The number of rotatable bonds is 8. The zero-order valence-electron chi connectivity index (χ0n) is 14.0. The molecule has 0 saturated carbocycles. The summed E-state index contributed by atoms with van der Waals surface area (Å²) < 4.78 is 5.48. The summed E-state index contributed by atoms with van der Waals surface area (Å²) in [5.74, 6) is -0.408. The Balaban J connectivity index is 2.09. The lowest BCUT2D eigenvalue weighted by molar-refractivity contribution is 0.0385. The summed E-state index contributed by atoms with van der Waals surface area (Å²) in [6.07, 6.45) is 5.46. The van der Waals surface area contributed by atoms with Gasteiger partial charge < -0.3 is 10.1 Å². The molecule has 0 amide bonds. The number of esters is 1. The number of hydrogen-bond acceptors (Lipinski definition) is 4. The fourth-order valence-corrected chi connectivity index (χ4v) is 2.70. The van der Waals surface area contributed by atoms with Gasteiger partial charge in [0.05, 0.1) is 21.1 Å². The van der Waals surface area contributed by atoms with Crippen LogP contribution in [-0.4, -0.2) is 29.6 Å². The van der Waals surface area contributed by atoms with Crippen LogP contribution in [0.25, 0.3) is 0 Å². The zero-order chi connectivity index (χ0) is 18.3. The van der Waals surface area contributed by atoms with Gasteiger partial charge in [-0.15, -0.1) is 6.58 Å². The number of carbonyl (C=O) groups excluding carboxylic acids is 1. The van der Waals surface area contributed by atoms with Crippen molar-refractivity contribution >= 4 is 29.2 Å². The van der Waals surface area contributed by atoms with Crippen LogP contribution >= 0.6 is 23.2 Å². The average molecular weight is 379 g/mol. The van der Waals surface area contributed by atoms with Crippen molar-refractivity contribution in [2.24, 2.45) is 0 Å². The molecule has 0 spiro atoms. The molecular formula is C19H20Cl2N2O2. The van der Waals surface area contributed by atoms with Crippen molar-refractivity contribution in [1.82, 2.24) is 10.3 Å². The van der Waals surface area contributed by atoms with Gasteiger partial charge in [0.1, 0.15) is 6.61 Å². The maximum Gasteiger partial charge on any atom is 0.339 e. The van der Waals surface area contributed by atoms with Crippen molar-refractivity contribution in [2.45, 2.75) is 18.9 Å². The third-order valence-electron chi connectivity index (χ3n) is 3.67. The minimum atomic E-state index is -0.483. The molecule has 25 heavy (non-hydrogen) atoms. The van der Waals surface area contributed by atoms with E-state index in [9.17, 15) is 4.79 Å². The first kappa shape index (κ1) is 19.4. The topological polar surface area (TPSA) is 51.2 Å². The van der Waals surface area contributed by atoms with E-state index in [1.165, 1.54) is 6.20 Å². The van der Waals surface area contributed by atoms with Gasteiger partial charge in [-0.05, 0) is 43.2 Å². The smallest absolute Gasteiger partial charge is 0.339 e. The molecule has 0 radical (unpaired) electrons. The normalized spacial score (nSPS) is 13.1. The average Bonchev–Trinajstić information content (AvgIpc) is 2.62. The predicted molar refractivity (Wildman–Crippen MR) is 101 cm³/mol. The van der Waals surface area contributed by atoms with Gasteiger partial charge in [0.25, 0.3) is 0 Å². The van der Waals surface area contributed by atoms with E-state index in [0.717, 1.165) is 5.56 Å². The quantitative estimate of drug-likeness (QED) is 0.548. The zero-order valence-corrected chi connectivity index (χ0v) is 15.5. The molecule has 0 bridgehead atoms. The summed E-state index contributed by atoms with van der Waals surface area (Å²) in [7, 11) is 0. The summed E-state index contributed by atoms with van der Waals surface area (Å²) in [5.41, 5.74) is 0.928. The van der Waals surface area contributed by atoms with Gasteiger partial charge in [0.2, 0.25) is 0 Å². The third kappa shape index (κ3) is 5.85. The number of carbonyl (C=O) groups is 1. The number of halogens is 2. The predicted octanol–water partition coefficient (Wildman–Crippen LogP) is 4.32. The van der Waals surface area contributed by atoms with E-state index in [-0.39, 0.29) is 6.61 Å². The molecule has 4 nitrogen and oxygen atoms in total. The van der Waals surface area contributed by atoms with Crippen molar-refractivity contribution in [1.29, 1.82) is 0 Å². The molecule has 2 rings (SSSR count). The van der Waals surface area contributed by atoms with E-state index in [2.05, 4.69) is 16.9 Å². The van der Waals surface area contributed by atoms with Gasteiger partial charge in [0.15, 0.2) is 0 Å². The third-order valence-corrected chi connectivity index (χ3v) is 4.41. The van der Waals surface area contributed by atoms with Gasteiger partial charge in [0, 0.05) is 18.9 Å². The molecule has 1 aromatic heterocycles. The Morgan fingerprint density at radius 1 is 1.36 bits per heavy atom. The number of benzene rings is 1. The molecule has 0 aliphatic rings. The SMILES string of the molecule is C=CCN[C@](C)(COC(=O)c1cccnc1)Cc1ccc(Cl)c(Cl)c1. The van der Waals surface area contributed by atoms with Crippen LogP contribution in [0.3, 0.4) is 0 Å². The highest BCUT2D eigenvalue weighted by molar-refractivity contribution is 6.42. The summed E-state index contributed by atoms with van der Waals surface area (Å²) in [5, 5.41) is 4.35. The molecule has 0 saturated heterocycles. The molecule has 1 atom stereocenters. The van der Waals surface area contributed by atoms with E-state index in [1.54, 1.807) is 30.5 Å². The summed E-state index contributed by atoms with van der Waals surface area (Å²) in [6, 6.07) is 8.85. The molecule has 1 heterocycles. The minimum absolute atomic E-state index is 0.189. The molecule has 1 aromatic carbocycles. The van der Waals surface area contributed by atoms with E-state index >= 15 is 0 Å². The second-order valence-electron chi connectivity index (χ2n) is 5.97. The lowest BCUT2D eigenvalue weighted by atomic mass is 9.93. The Kier molecular flexibility index (Phi) is 7.00. The van der Waals surface area contributed by atoms with Gasteiger partial charge in [-0.25, -0.2) is 4.79 Å². The Labute approximate surface area is 157 Å². The van der Waals surface area contributed by atoms with Crippen LogP contribution in [0.5, 0.6) is 0 Å². The van der Waals surface area contributed by atoms with Crippen molar-refractivity contribution in [3.8, 4) is 0 Å². The monoisotopic (exact) mass is 378 g/mol. The largest absolute Gasteiger partial charge is 0.460 e. The molecule has 0 fully saturated rings. The van der Waals surface area contributed by atoms with Crippen LogP contribution < -0.4 is 5.32 Å². The lowest BCUT2D eigenvalue weighted by Gasteiger charge is -2.30. The van der Waals surface area contributed by atoms with E-state index in [4.69, 9.17) is 27.9 Å². The number of nitrogens with zero attached hydrogens (tertiary/aromatic N) is 1. The number of nitrogens with one attached hydrogen (secondary N) is 1. The first-order valence-electron chi connectivity index (χ1n) is 7.80. The first-order valence-corrected chi connectivity index (χ1v) is 8.56. The van der Waals surface area contributed by atoms with Crippen LogP contribution in [0.2, 0.25) is 10.0 Å². The van der Waals surface area contributed by atoms with Gasteiger partial charge >= 0.3 is 5.97 Å². The molecule has 6 heteroatoms. The minimum Gasteiger partial charge on any atom is -0.460 e. The van der Waals surface area contributed by atoms with Crippen LogP contribution in [0.15, 0.2) is 55.4 Å². The van der Waals surface area contributed by atoms with E-state index in [1.807, 2.05) is 19.1 Å². The van der Waals surface area contributed by atoms with Crippen molar-refractivity contribution in [3.05, 3.63) is 76.6 Å². The Bertz CT molecular complexity index is 737. The van der Waals surface area contributed by atoms with Crippen molar-refractivity contribution < 1.29 is 9.53 Å². The number of aromatic nitrogens is 1. The molecule has 1 N–H and O–H groups in total. The second-order valence-corrected chi connectivity index (χ2v) is 6.79. The fraction of sp³-hybridized carbons (Fsp3) is 0.263. The fourth-order valence-electron chi connectivity index (χ4n) is 2.37. The first-order chi connectivity index (χ1) is 11.9. The summed E-state index contributed by atoms with van der Waals surface area (Å²) in [6.45, 7) is 6.48. The van der Waals surface area contributed by atoms with Crippen molar-refractivity contribution in [2.75, 3.05) is 13.2 Å². The Hall–Kier alpha value is -1.88. The van der Waals surface area contributed by atoms with Crippen LogP contribution in [-0.2, 0) is 11.2 Å². The molecule has 0 unspecified atom stereocenters. The Morgan fingerprint density at radius 2 is 2.16 bits per heavy atom. The molecular weight excluding hydrogens is 359 g/mol. The highest BCUT2D eigenvalue weighted by Crippen LogP contribution is 2.25. The van der Waals surface area contributed by atoms with Crippen LogP contribution in [0.1, 0.15) is 22.8 Å². The number of pyridine rings is 1.